The molecule has 0 radical (unpaired) electrons. The van der Waals surface area contributed by atoms with Gasteiger partial charge in [-0.3, -0.25) is 0 Å². The molecule has 10 heavy (non-hydrogen) atoms. The van der Waals surface area contributed by atoms with E-state index in [1.807, 2.05) is 0 Å². The molecule has 1 fully saturated rings. The van der Waals surface area contributed by atoms with Crippen LogP contribution < -0.4 is 5.32 Å². The van der Waals surface area contributed by atoms with E-state index in [1.54, 1.807) is 0 Å². The Morgan fingerprint density at radius 1 is 1.50 bits per heavy atom. The van der Waals surface area contributed by atoms with Crippen LogP contribution in [0.5, 0.6) is 0 Å². The highest BCUT2D eigenvalue weighted by Crippen LogP contribution is 2.19. The van der Waals surface area contributed by atoms with Crippen LogP contribution in [0.3, 0.4) is 0 Å². The Kier molecular flexibility index (Phi) is 3.20. The van der Waals surface area contributed by atoms with Crippen molar-refractivity contribution in [3.8, 4) is 0 Å². The third-order valence-electron chi connectivity index (χ3n) is 2.55. The second kappa shape index (κ2) is 3.97. The zero-order valence-electron chi connectivity index (χ0n) is 7.19. The van der Waals surface area contributed by atoms with Crippen LogP contribution in [-0.4, -0.2) is 12.6 Å². The van der Waals surface area contributed by atoms with Crippen molar-refractivity contribution in [1.82, 2.24) is 5.32 Å². The largest absolute Gasteiger partial charge is 0.314 e. The maximum Gasteiger partial charge on any atom is 0.00413 e. The van der Waals surface area contributed by atoms with Gasteiger partial charge >= 0.3 is 0 Å². The van der Waals surface area contributed by atoms with Crippen LogP contribution in [-0.2, 0) is 0 Å². The van der Waals surface area contributed by atoms with Gasteiger partial charge in [0, 0.05) is 6.04 Å². The maximum absolute atomic E-state index is 3.51. The molecule has 0 aromatic heterocycles. The molecule has 1 N–H and O–H groups in total. The van der Waals surface area contributed by atoms with E-state index in [-0.39, 0.29) is 0 Å². The minimum absolute atomic E-state index is 0.757. The molecule has 0 spiro atoms. The summed E-state index contributed by atoms with van der Waals surface area (Å²) >= 11 is 0. The van der Waals surface area contributed by atoms with Gasteiger partial charge in [0.25, 0.3) is 0 Å². The lowest BCUT2D eigenvalue weighted by molar-refractivity contribution is 0.417. The second-order valence-electron chi connectivity index (χ2n) is 3.51. The third-order valence-corrected chi connectivity index (χ3v) is 2.55. The van der Waals surface area contributed by atoms with E-state index in [2.05, 4.69) is 19.2 Å². The molecule has 0 bridgehead atoms. The molecule has 1 heterocycles. The number of rotatable bonds is 1. The quantitative estimate of drug-likeness (QED) is 0.590. The minimum atomic E-state index is 0.757. The van der Waals surface area contributed by atoms with Gasteiger partial charge in [-0.15, -0.1) is 0 Å². The predicted octanol–water partition coefficient (Wildman–Crippen LogP) is 2.17. The van der Waals surface area contributed by atoms with Crippen molar-refractivity contribution in [3.05, 3.63) is 0 Å². The molecule has 0 aromatic carbocycles. The van der Waals surface area contributed by atoms with Gasteiger partial charge < -0.3 is 5.32 Å². The average Bonchev–Trinajstić information content (AvgIpc) is 2.13. The standard InChI is InChI=1S/C9H19N/c1-3-9-5-4-6-10-8(2)7-9/h8-10H,3-7H2,1-2H3. The van der Waals surface area contributed by atoms with Crippen LogP contribution in [0.15, 0.2) is 0 Å². The van der Waals surface area contributed by atoms with Crippen molar-refractivity contribution in [2.45, 2.75) is 45.6 Å². The summed E-state index contributed by atoms with van der Waals surface area (Å²) in [6, 6.07) is 0.757. The lowest BCUT2D eigenvalue weighted by Gasteiger charge is -2.14. The molecular weight excluding hydrogens is 122 g/mol. The van der Waals surface area contributed by atoms with Gasteiger partial charge in [-0.05, 0) is 38.6 Å². The zero-order valence-corrected chi connectivity index (χ0v) is 7.19. The van der Waals surface area contributed by atoms with E-state index >= 15 is 0 Å². The minimum Gasteiger partial charge on any atom is -0.314 e. The molecule has 2 unspecified atom stereocenters. The molecule has 1 aliphatic heterocycles. The summed E-state index contributed by atoms with van der Waals surface area (Å²) in [6.45, 7) is 5.84. The fourth-order valence-corrected chi connectivity index (χ4v) is 1.81. The van der Waals surface area contributed by atoms with Gasteiger partial charge in [0.2, 0.25) is 0 Å². The average molecular weight is 141 g/mol. The lowest BCUT2D eigenvalue weighted by atomic mass is 9.95. The van der Waals surface area contributed by atoms with Gasteiger partial charge in [0.05, 0.1) is 0 Å². The van der Waals surface area contributed by atoms with Crippen LogP contribution in [0.2, 0.25) is 0 Å². The van der Waals surface area contributed by atoms with Crippen LogP contribution >= 0.6 is 0 Å². The molecule has 1 aliphatic rings. The maximum atomic E-state index is 3.51. The van der Waals surface area contributed by atoms with Crippen molar-refractivity contribution in [3.63, 3.8) is 0 Å². The van der Waals surface area contributed by atoms with E-state index in [4.69, 9.17) is 0 Å². The summed E-state index contributed by atoms with van der Waals surface area (Å²) < 4.78 is 0. The number of nitrogens with one attached hydrogen (secondary N) is 1. The first-order chi connectivity index (χ1) is 4.83. The second-order valence-corrected chi connectivity index (χ2v) is 3.51. The van der Waals surface area contributed by atoms with Gasteiger partial charge in [-0.25, -0.2) is 0 Å². The summed E-state index contributed by atoms with van der Waals surface area (Å²) in [5, 5.41) is 3.51. The van der Waals surface area contributed by atoms with Gasteiger partial charge in [0.1, 0.15) is 0 Å². The molecule has 0 amide bonds. The molecule has 60 valence electrons. The van der Waals surface area contributed by atoms with Crippen molar-refractivity contribution >= 4 is 0 Å². The first-order valence-electron chi connectivity index (χ1n) is 4.56. The Morgan fingerprint density at radius 3 is 3.00 bits per heavy atom. The zero-order chi connectivity index (χ0) is 7.40. The normalized spacial score (nSPS) is 35.4. The molecule has 0 aromatic rings. The van der Waals surface area contributed by atoms with Crippen molar-refractivity contribution in [2.24, 2.45) is 5.92 Å². The molecule has 1 saturated heterocycles. The first kappa shape index (κ1) is 8.06. The Hall–Kier alpha value is -0.0400. The van der Waals surface area contributed by atoms with Crippen LogP contribution in [0.25, 0.3) is 0 Å². The number of hydrogen-bond acceptors (Lipinski definition) is 1. The Balaban J connectivity index is 2.30. The van der Waals surface area contributed by atoms with Crippen LogP contribution in [0.1, 0.15) is 39.5 Å². The van der Waals surface area contributed by atoms with Gasteiger partial charge in [-0.1, -0.05) is 13.3 Å². The van der Waals surface area contributed by atoms with Gasteiger partial charge in [0.15, 0.2) is 0 Å². The lowest BCUT2D eigenvalue weighted by Crippen LogP contribution is -2.25. The predicted molar refractivity (Wildman–Crippen MR) is 45.1 cm³/mol. The fourth-order valence-electron chi connectivity index (χ4n) is 1.81. The van der Waals surface area contributed by atoms with Gasteiger partial charge in [-0.2, -0.15) is 0 Å². The van der Waals surface area contributed by atoms with E-state index < -0.39 is 0 Å². The topological polar surface area (TPSA) is 12.0 Å². The molecule has 1 rings (SSSR count). The van der Waals surface area contributed by atoms with Crippen molar-refractivity contribution < 1.29 is 0 Å². The molecule has 1 heteroatoms. The molecule has 2 atom stereocenters. The summed E-state index contributed by atoms with van der Waals surface area (Å²) in [5.74, 6) is 0.991. The van der Waals surface area contributed by atoms with E-state index in [0.29, 0.717) is 0 Å². The highest BCUT2D eigenvalue weighted by atomic mass is 14.9. The van der Waals surface area contributed by atoms with Crippen molar-refractivity contribution in [1.29, 1.82) is 0 Å². The summed E-state index contributed by atoms with van der Waals surface area (Å²) in [5.41, 5.74) is 0. The summed E-state index contributed by atoms with van der Waals surface area (Å²) in [7, 11) is 0. The van der Waals surface area contributed by atoms with Crippen LogP contribution in [0, 0.1) is 5.92 Å². The molecule has 0 aliphatic carbocycles. The molecular formula is C9H19N. The Labute approximate surface area is 64.2 Å². The first-order valence-corrected chi connectivity index (χ1v) is 4.56. The molecule has 0 saturated carbocycles. The third kappa shape index (κ3) is 2.30. The van der Waals surface area contributed by atoms with E-state index in [0.717, 1.165) is 12.0 Å². The van der Waals surface area contributed by atoms with E-state index in [9.17, 15) is 0 Å². The number of hydrogen-bond donors (Lipinski definition) is 1. The molecule has 1 nitrogen and oxygen atoms in total. The van der Waals surface area contributed by atoms with Crippen molar-refractivity contribution in [2.75, 3.05) is 6.54 Å². The smallest absolute Gasteiger partial charge is 0.00413 e. The monoisotopic (exact) mass is 141 g/mol. The Bertz CT molecular complexity index is 90.7. The summed E-state index contributed by atoms with van der Waals surface area (Å²) in [4.78, 5) is 0. The highest BCUT2D eigenvalue weighted by Gasteiger charge is 2.13. The Morgan fingerprint density at radius 2 is 2.30 bits per heavy atom. The highest BCUT2D eigenvalue weighted by molar-refractivity contribution is 4.71. The van der Waals surface area contributed by atoms with E-state index in [1.165, 1.54) is 32.2 Å². The van der Waals surface area contributed by atoms with Crippen LogP contribution in [0.4, 0.5) is 0 Å². The summed E-state index contributed by atoms with van der Waals surface area (Å²) in [6.07, 6.45) is 5.57. The fraction of sp³-hybridized carbons (Fsp3) is 1.00. The SMILES string of the molecule is CCC1CCCNC(C)C1.